The molecular formula is C21H22N6O2. The average Bonchev–Trinajstić information content (AvgIpc) is 2.74. The van der Waals surface area contributed by atoms with Crippen molar-refractivity contribution in [1.29, 1.82) is 0 Å². The van der Waals surface area contributed by atoms with Crippen LogP contribution in [-0.4, -0.2) is 45.3 Å². The van der Waals surface area contributed by atoms with Crippen LogP contribution >= 0.6 is 0 Å². The predicted octanol–water partition coefficient (Wildman–Crippen LogP) is 2.89. The van der Waals surface area contributed by atoms with E-state index in [0.29, 0.717) is 23.7 Å². The molecule has 0 saturated heterocycles. The highest BCUT2D eigenvalue weighted by Crippen LogP contribution is 2.16. The van der Waals surface area contributed by atoms with Crippen molar-refractivity contribution in [2.45, 2.75) is 13.3 Å². The number of pyridine rings is 1. The van der Waals surface area contributed by atoms with E-state index in [-0.39, 0.29) is 11.8 Å². The van der Waals surface area contributed by atoms with Gasteiger partial charge in [0.05, 0.1) is 5.56 Å². The predicted molar refractivity (Wildman–Crippen MR) is 111 cm³/mol. The molecule has 3 rings (SSSR count). The van der Waals surface area contributed by atoms with E-state index in [1.165, 1.54) is 19.3 Å². The highest BCUT2D eigenvalue weighted by molar-refractivity contribution is 5.93. The summed E-state index contributed by atoms with van der Waals surface area (Å²) in [7, 11) is 1.76. The van der Waals surface area contributed by atoms with E-state index in [9.17, 15) is 9.59 Å². The number of benzene rings is 1. The molecule has 2 N–H and O–H groups in total. The monoisotopic (exact) mass is 390 g/mol. The van der Waals surface area contributed by atoms with Gasteiger partial charge in [-0.2, -0.15) is 0 Å². The Morgan fingerprint density at radius 2 is 1.59 bits per heavy atom. The zero-order chi connectivity index (χ0) is 20.6. The number of amides is 2. The van der Waals surface area contributed by atoms with Gasteiger partial charge in [0.15, 0.2) is 0 Å². The minimum Gasteiger partial charge on any atom is -0.341 e. The molecule has 0 radical (unpaired) electrons. The summed E-state index contributed by atoms with van der Waals surface area (Å²) in [5.41, 5.74) is 3.03. The Bertz CT molecular complexity index is 959. The van der Waals surface area contributed by atoms with Gasteiger partial charge in [-0.05, 0) is 48.4 Å². The van der Waals surface area contributed by atoms with Crippen LogP contribution in [0, 0.1) is 0 Å². The van der Waals surface area contributed by atoms with Crippen molar-refractivity contribution in [1.82, 2.24) is 19.9 Å². The summed E-state index contributed by atoms with van der Waals surface area (Å²) in [5.74, 6) is 0.124. The molecule has 0 aliphatic carbocycles. The Kier molecular flexibility index (Phi) is 6.47. The van der Waals surface area contributed by atoms with Crippen molar-refractivity contribution in [3.05, 3.63) is 72.3 Å². The molecule has 0 fully saturated rings. The number of aromatic nitrogens is 3. The summed E-state index contributed by atoms with van der Waals surface area (Å²) in [4.78, 5) is 37.7. The fourth-order valence-corrected chi connectivity index (χ4v) is 2.64. The van der Waals surface area contributed by atoms with Crippen molar-refractivity contribution in [3.63, 3.8) is 0 Å². The summed E-state index contributed by atoms with van der Waals surface area (Å²) in [5, 5.41) is 5.76. The topological polar surface area (TPSA) is 100 Å². The summed E-state index contributed by atoms with van der Waals surface area (Å²) >= 11 is 0. The number of hydrogen-bond donors (Lipinski definition) is 2. The smallest absolute Gasteiger partial charge is 0.256 e. The van der Waals surface area contributed by atoms with Gasteiger partial charge in [0.25, 0.3) is 5.91 Å². The molecule has 0 unspecified atom stereocenters. The Morgan fingerprint density at radius 1 is 0.966 bits per heavy atom. The standard InChI is InChI=1S/C21H22N6O2/c1-15(28)25-18-3-5-19(6-4-18)26-21-23-13-17(14-24-21)20(29)27(2)12-9-16-7-10-22-11-8-16/h3-8,10-11,13-14H,9,12H2,1-2H3,(H,25,28)(H,23,24,26). The number of hydrogen-bond acceptors (Lipinski definition) is 6. The van der Waals surface area contributed by atoms with Crippen molar-refractivity contribution in [2.75, 3.05) is 24.2 Å². The third-order valence-corrected chi connectivity index (χ3v) is 4.19. The fraction of sp³-hybridized carbons (Fsp3) is 0.190. The molecule has 148 valence electrons. The van der Waals surface area contributed by atoms with Crippen LogP contribution in [0.5, 0.6) is 0 Å². The number of likely N-dealkylation sites (N-methyl/N-ethyl adjacent to an activating group) is 1. The van der Waals surface area contributed by atoms with Crippen LogP contribution in [0.2, 0.25) is 0 Å². The third-order valence-electron chi connectivity index (χ3n) is 4.19. The first-order valence-electron chi connectivity index (χ1n) is 9.12. The molecule has 0 aliphatic rings. The molecule has 1 aromatic carbocycles. The quantitative estimate of drug-likeness (QED) is 0.643. The molecule has 0 atom stereocenters. The Balaban J connectivity index is 1.56. The van der Waals surface area contributed by atoms with Crippen LogP contribution in [0.15, 0.2) is 61.2 Å². The Labute approximate surface area is 169 Å². The van der Waals surface area contributed by atoms with Gasteiger partial charge in [-0.15, -0.1) is 0 Å². The number of rotatable bonds is 7. The van der Waals surface area contributed by atoms with Crippen molar-refractivity contribution in [3.8, 4) is 0 Å². The number of nitrogens with one attached hydrogen (secondary N) is 2. The number of nitrogens with zero attached hydrogens (tertiary/aromatic N) is 4. The van der Waals surface area contributed by atoms with Gasteiger partial charge in [-0.1, -0.05) is 0 Å². The molecule has 2 heterocycles. The Hall–Kier alpha value is -3.81. The highest BCUT2D eigenvalue weighted by atomic mass is 16.2. The number of anilines is 3. The Morgan fingerprint density at radius 3 is 2.21 bits per heavy atom. The lowest BCUT2D eigenvalue weighted by molar-refractivity contribution is -0.114. The number of carbonyl (C=O) groups is 2. The molecule has 8 heteroatoms. The average molecular weight is 390 g/mol. The van der Waals surface area contributed by atoms with Gasteiger partial charge < -0.3 is 15.5 Å². The van der Waals surface area contributed by atoms with Crippen LogP contribution in [0.4, 0.5) is 17.3 Å². The second-order valence-electron chi connectivity index (χ2n) is 6.51. The largest absolute Gasteiger partial charge is 0.341 e. The summed E-state index contributed by atoms with van der Waals surface area (Å²) in [6, 6.07) is 11.0. The molecule has 0 spiro atoms. The third kappa shape index (κ3) is 5.83. The van der Waals surface area contributed by atoms with Crippen molar-refractivity contribution < 1.29 is 9.59 Å². The first-order chi connectivity index (χ1) is 14.0. The second-order valence-corrected chi connectivity index (χ2v) is 6.51. The van der Waals surface area contributed by atoms with E-state index >= 15 is 0 Å². The zero-order valence-electron chi connectivity index (χ0n) is 16.3. The van der Waals surface area contributed by atoms with Gasteiger partial charge in [0.2, 0.25) is 11.9 Å². The summed E-state index contributed by atoms with van der Waals surface area (Å²) < 4.78 is 0. The molecule has 2 aromatic heterocycles. The molecule has 29 heavy (non-hydrogen) atoms. The fourth-order valence-electron chi connectivity index (χ4n) is 2.64. The molecule has 0 bridgehead atoms. The second kappa shape index (κ2) is 9.41. The molecule has 0 saturated carbocycles. The van der Waals surface area contributed by atoms with Crippen LogP contribution < -0.4 is 10.6 Å². The van der Waals surface area contributed by atoms with Crippen molar-refractivity contribution >= 4 is 29.1 Å². The zero-order valence-corrected chi connectivity index (χ0v) is 16.3. The maximum atomic E-state index is 12.5. The molecule has 2 amide bonds. The van der Waals surface area contributed by atoms with Gasteiger partial charge in [-0.3, -0.25) is 14.6 Å². The van der Waals surface area contributed by atoms with E-state index < -0.39 is 0 Å². The summed E-state index contributed by atoms with van der Waals surface area (Å²) in [6.45, 7) is 2.04. The minimum absolute atomic E-state index is 0.125. The molecule has 0 aliphatic heterocycles. The highest BCUT2D eigenvalue weighted by Gasteiger charge is 2.13. The van der Waals surface area contributed by atoms with E-state index in [1.54, 1.807) is 48.6 Å². The lowest BCUT2D eigenvalue weighted by atomic mass is 10.2. The maximum absolute atomic E-state index is 12.5. The molecular weight excluding hydrogens is 368 g/mol. The van der Waals surface area contributed by atoms with Crippen LogP contribution in [0.3, 0.4) is 0 Å². The normalized spacial score (nSPS) is 10.3. The molecule has 3 aromatic rings. The minimum atomic E-state index is -0.134. The lowest BCUT2D eigenvalue weighted by Gasteiger charge is -2.17. The van der Waals surface area contributed by atoms with Crippen molar-refractivity contribution in [2.24, 2.45) is 0 Å². The first-order valence-corrected chi connectivity index (χ1v) is 9.12. The van der Waals surface area contributed by atoms with Crippen LogP contribution in [0.25, 0.3) is 0 Å². The van der Waals surface area contributed by atoms with Gasteiger partial charge in [0.1, 0.15) is 0 Å². The van der Waals surface area contributed by atoms with Gasteiger partial charge in [0, 0.05) is 56.7 Å². The van der Waals surface area contributed by atoms with E-state index in [2.05, 4.69) is 25.6 Å². The maximum Gasteiger partial charge on any atom is 0.256 e. The van der Waals surface area contributed by atoms with E-state index in [0.717, 1.165) is 17.7 Å². The SMILES string of the molecule is CC(=O)Nc1ccc(Nc2ncc(C(=O)N(C)CCc3ccncc3)cn2)cc1. The van der Waals surface area contributed by atoms with Crippen LogP contribution in [-0.2, 0) is 11.2 Å². The van der Waals surface area contributed by atoms with Gasteiger partial charge >= 0.3 is 0 Å². The van der Waals surface area contributed by atoms with Gasteiger partial charge in [-0.25, -0.2) is 9.97 Å². The number of carbonyl (C=O) groups excluding carboxylic acids is 2. The lowest BCUT2D eigenvalue weighted by Crippen LogP contribution is -2.29. The first kappa shape index (κ1) is 19.9. The molecule has 8 nitrogen and oxygen atoms in total. The van der Waals surface area contributed by atoms with E-state index in [1.807, 2.05) is 12.1 Å². The van der Waals surface area contributed by atoms with E-state index in [4.69, 9.17) is 0 Å². The summed E-state index contributed by atoms with van der Waals surface area (Å²) in [6.07, 6.45) is 7.24. The van der Waals surface area contributed by atoms with Crippen LogP contribution in [0.1, 0.15) is 22.8 Å².